The molecule has 3 amide bonds. The van der Waals surface area contributed by atoms with Crippen LogP contribution < -0.4 is 15.4 Å². The summed E-state index contributed by atoms with van der Waals surface area (Å²) in [6, 6.07) is 2.73. The van der Waals surface area contributed by atoms with Crippen molar-refractivity contribution >= 4 is 45.4 Å². The fourth-order valence-electron chi connectivity index (χ4n) is 1.56. The van der Waals surface area contributed by atoms with Crippen LogP contribution in [0.1, 0.15) is 12.5 Å². The van der Waals surface area contributed by atoms with Gasteiger partial charge in [0.1, 0.15) is 5.75 Å². The molecule has 1 aromatic rings. The Kier molecular flexibility index (Phi) is 7.31. The van der Waals surface area contributed by atoms with Gasteiger partial charge in [0, 0.05) is 11.5 Å². The van der Waals surface area contributed by atoms with Crippen molar-refractivity contribution in [3.63, 3.8) is 0 Å². The minimum Gasteiger partial charge on any atom is -0.480 e. The van der Waals surface area contributed by atoms with Crippen LogP contribution in [0.2, 0.25) is 5.02 Å². The Labute approximate surface area is 146 Å². The number of amides is 3. The monoisotopic (exact) mass is 406 g/mol. The lowest BCUT2D eigenvalue weighted by molar-refractivity contribution is -0.156. The molecule has 0 unspecified atom stereocenters. The van der Waals surface area contributed by atoms with E-state index >= 15 is 0 Å². The molecule has 0 aliphatic rings. The molecule has 0 saturated carbocycles. The highest BCUT2D eigenvalue weighted by Crippen LogP contribution is 2.31. The summed E-state index contributed by atoms with van der Waals surface area (Å²) in [6.07, 6.45) is -1.13. The molecule has 0 spiro atoms. The first kappa shape index (κ1) is 19.2. The van der Waals surface area contributed by atoms with Crippen LogP contribution in [0.15, 0.2) is 16.6 Å². The summed E-state index contributed by atoms with van der Waals surface area (Å²) < 4.78 is 11.0. The highest BCUT2D eigenvalue weighted by Gasteiger charge is 2.20. The van der Waals surface area contributed by atoms with E-state index in [1.165, 1.54) is 14.0 Å². The van der Waals surface area contributed by atoms with Crippen LogP contribution in [0.25, 0.3) is 0 Å². The fourth-order valence-corrected chi connectivity index (χ4v) is 2.59. The van der Waals surface area contributed by atoms with Crippen molar-refractivity contribution in [3.05, 3.63) is 27.2 Å². The van der Waals surface area contributed by atoms with E-state index < -0.39 is 30.6 Å². The molecule has 7 nitrogen and oxygen atoms in total. The predicted molar refractivity (Wildman–Crippen MR) is 87.5 cm³/mol. The Bertz CT molecular complexity index is 600. The third kappa shape index (κ3) is 6.07. The molecule has 0 aliphatic heterocycles. The predicted octanol–water partition coefficient (Wildman–Crippen LogP) is 2.18. The number of carbonyl (C=O) groups excluding carboxylic acids is 3. The molecule has 0 bridgehead atoms. The second-order valence-electron chi connectivity index (χ2n) is 4.52. The molecule has 23 heavy (non-hydrogen) atoms. The number of urea groups is 1. The van der Waals surface area contributed by atoms with E-state index in [0.29, 0.717) is 10.8 Å². The molecule has 0 aromatic heterocycles. The van der Waals surface area contributed by atoms with Crippen LogP contribution in [0, 0.1) is 6.92 Å². The molecule has 0 aliphatic carbocycles. The Morgan fingerprint density at radius 2 is 2.00 bits per heavy atom. The van der Waals surface area contributed by atoms with Crippen LogP contribution in [0.4, 0.5) is 4.79 Å². The largest absolute Gasteiger partial charge is 0.480 e. The van der Waals surface area contributed by atoms with Gasteiger partial charge < -0.3 is 14.8 Å². The maximum absolute atomic E-state index is 11.7. The first-order chi connectivity index (χ1) is 10.7. The normalized spacial score (nSPS) is 11.3. The molecule has 1 rings (SSSR count). The van der Waals surface area contributed by atoms with E-state index in [1.54, 1.807) is 19.1 Å². The van der Waals surface area contributed by atoms with Gasteiger partial charge in [0.25, 0.3) is 5.91 Å². The van der Waals surface area contributed by atoms with Gasteiger partial charge >= 0.3 is 12.0 Å². The lowest BCUT2D eigenvalue weighted by Gasteiger charge is -2.14. The Morgan fingerprint density at radius 3 is 2.57 bits per heavy atom. The second kappa shape index (κ2) is 8.73. The van der Waals surface area contributed by atoms with Gasteiger partial charge in [0.15, 0.2) is 12.7 Å². The molecule has 0 saturated heterocycles. The summed E-state index contributed by atoms with van der Waals surface area (Å²) in [4.78, 5) is 34.2. The highest BCUT2D eigenvalue weighted by atomic mass is 79.9. The molecule has 2 N–H and O–H groups in total. The molecule has 126 valence electrons. The lowest BCUT2D eigenvalue weighted by Crippen LogP contribution is -2.43. The third-order valence-corrected chi connectivity index (χ3v) is 3.41. The molecule has 1 atom stereocenters. The van der Waals surface area contributed by atoms with Crippen molar-refractivity contribution in [2.45, 2.75) is 20.0 Å². The first-order valence-electron chi connectivity index (χ1n) is 6.55. The van der Waals surface area contributed by atoms with Gasteiger partial charge in [-0.3, -0.25) is 10.1 Å². The van der Waals surface area contributed by atoms with Gasteiger partial charge in [-0.15, -0.1) is 0 Å². The topological polar surface area (TPSA) is 93.7 Å². The number of ether oxygens (including phenoxy) is 2. The second-order valence-corrected chi connectivity index (χ2v) is 5.85. The van der Waals surface area contributed by atoms with Crippen molar-refractivity contribution < 1.29 is 23.9 Å². The number of halogens is 2. The average molecular weight is 408 g/mol. The van der Waals surface area contributed by atoms with Gasteiger partial charge in [-0.2, -0.15) is 0 Å². The smallest absolute Gasteiger partial charge is 0.344 e. The zero-order valence-corrected chi connectivity index (χ0v) is 15.1. The Balaban J connectivity index is 2.55. The van der Waals surface area contributed by atoms with E-state index in [-0.39, 0.29) is 0 Å². The first-order valence-corrected chi connectivity index (χ1v) is 7.72. The minimum atomic E-state index is -1.13. The summed E-state index contributed by atoms with van der Waals surface area (Å²) in [5.41, 5.74) is 0.739. The van der Waals surface area contributed by atoms with E-state index in [4.69, 9.17) is 21.1 Å². The molecular weight excluding hydrogens is 392 g/mol. The lowest BCUT2D eigenvalue weighted by atomic mass is 10.2. The summed E-state index contributed by atoms with van der Waals surface area (Å²) in [5.74, 6) is -1.15. The van der Waals surface area contributed by atoms with E-state index in [9.17, 15) is 14.4 Å². The Hall–Kier alpha value is -1.80. The standard InChI is InChI=1S/C14H16BrClN2O5/c1-7-4-9(15)5-10(16)12(7)22-6-11(19)23-8(2)13(20)18-14(21)17-3/h4-5,8H,6H2,1-3H3,(H2,17,18,20,21)/t8-/m1/s1. The van der Waals surface area contributed by atoms with Gasteiger partial charge in [0.05, 0.1) is 5.02 Å². The molecule has 0 radical (unpaired) electrons. The number of benzene rings is 1. The summed E-state index contributed by atoms with van der Waals surface area (Å²) in [6.45, 7) is 2.70. The number of nitrogens with one attached hydrogen (secondary N) is 2. The van der Waals surface area contributed by atoms with Gasteiger partial charge in [-0.05, 0) is 31.5 Å². The maximum Gasteiger partial charge on any atom is 0.344 e. The number of imide groups is 1. The number of hydrogen-bond donors (Lipinski definition) is 2. The fraction of sp³-hybridized carbons (Fsp3) is 0.357. The minimum absolute atomic E-state index is 0.343. The number of esters is 1. The Morgan fingerprint density at radius 1 is 1.35 bits per heavy atom. The van der Waals surface area contributed by atoms with Crippen molar-refractivity contribution in [2.75, 3.05) is 13.7 Å². The van der Waals surface area contributed by atoms with Crippen LogP contribution >= 0.6 is 27.5 Å². The SMILES string of the molecule is CNC(=O)NC(=O)[C@@H](C)OC(=O)COc1c(C)cc(Br)cc1Cl. The molecule has 0 fully saturated rings. The molecule has 1 aromatic carbocycles. The highest BCUT2D eigenvalue weighted by molar-refractivity contribution is 9.10. The third-order valence-electron chi connectivity index (χ3n) is 2.67. The van der Waals surface area contributed by atoms with Crippen LogP contribution in [-0.2, 0) is 14.3 Å². The van der Waals surface area contributed by atoms with Crippen LogP contribution in [0.3, 0.4) is 0 Å². The summed E-state index contributed by atoms with van der Waals surface area (Å²) >= 11 is 9.32. The molecule has 0 heterocycles. The van der Waals surface area contributed by atoms with Crippen molar-refractivity contribution in [3.8, 4) is 5.75 Å². The molecular formula is C14H16BrClN2O5. The number of carbonyl (C=O) groups is 3. The zero-order chi connectivity index (χ0) is 17.6. The number of aryl methyl sites for hydroxylation is 1. The number of rotatable bonds is 5. The summed E-state index contributed by atoms with van der Waals surface area (Å²) in [7, 11) is 1.36. The van der Waals surface area contributed by atoms with Gasteiger partial charge in [0.2, 0.25) is 0 Å². The van der Waals surface area contributed by atoms with E-state index in [1.807, 2.05) is 5.32 Å². The van der Waals surface area contributed by atoms with Gasteiger partial charge in [-0.25, -0.2) is 9.59 Å². The van der Waals surface area contributed by atoms with Gasteiger partial charge in [-0.1, -0.05) is 27.5 Å². The van der Waals surface area contributed by atoms with Crippen LogP contribution in [0.5, 0.6) is 5.75 Å². The van der Waals surface area contributed by atoms with Crippen molar-refractivity contribution in [2.24, 2.45) is 0 Å². The number of hydrogen-bond acceptors (Lipinski definition) is 5. The quantitative estimate of drug-likeness (QED) is 0.730. The van der Waals surface area contributed by atoms with Crippen LogP contribution in [-0.4, -0.2) is 37.7 Å². The summed E-state index contributed by atoms with van der Waals surface area (Å²) in [5, 5.41) is 4.56. The molecule has 9 heteroatoms. The average Bonchev–Trinajstić information content (AvgIpc) is 2.45. The zero-order valence-electron chi connectivity index (χ0n) is 12.7. The van der Waals surface area contributed by atoms with E-state index in [0.717, 1.165) is 10.0 Å². The maximum atomic E-state index is 11.7. The van der Waals surface area contributed by atoms with E-state index in [2.05, 4.69) is 21.2 Å². The van der Waals surface area contributed by atoms with Crippen molar-refractivity contribution in [1.82, 2.24) is 10.6 Å². The van der Waals surface area contributed by atoms with Crippen molar-refractivity contribution in [1.29, 1.82) is 0 Å².